The van der Waals surface area contributed by atoms with Gasteiger partial charge in [0.2, 0.25) is 11.8 Å². The molecule has 0 aromatic heterocycles. The highest BCUT2D eigenvalue weighted by atomic mass is 16.2. The molecule has 1 fully saturated rings. The van der Waals surface area contributed by atoms with Crippen molar-refractivity contribution in [3.05, 3.63) is 65.2 Å². The van der Waals surface area contributed by atoms with Crippen molar-refractivity contribution < 1.29 is 14.4 Å². The molecule has 164 valence electrons. The average molecular weight is 422 g/mol. The number of hydrogen-bond donors (Lipinski definition) is 1. The first-order valence-electron chi connectivity index (χ1n) is 10.7. The topological polar surface area (TPSA) is 69.7 Å². The predicted molar refractivity (Wildman–Crippen MR) is 122 cm³/mol. The number of hydrogen-bond acceptors (Lipinski definition) is 3. The quantitative estimate of drug-likeness (QED) is 0.766. The van der Waals surface area contributed by atoms with Crippen molar-refractivity contribution in [1.82, 2.24) is 9.80 Å². The van der Waals surface area contributed by atoms with Gasteiger partial charge in [0.15, 0.2) is 0 Å². The number of nitrogens with one attached hydrogen (secondary N) is 1. The third-order valence-electron chi connectivity index (χ3n) is 6.11. The zero-order valence-corrected chi connectivity index (χ0v) is 18.9. The number of aryl methyl sites for hydroxylation is 1. The van der Waals surface area contributed by atoms with Gasteiger partial charge < -0.3 is 15.1 Å². The fourth-order valence-corrected chi connectivity index (χ4v) is 3.79. The molecule has 1 saturated heterocycles. The Morgan fingerprint density at radius 2 is 1.77 bits per heavy atom. The normalized spacial score (nSPS) is 17.0. The minimum Gasteiger partial charge on any atom is -0.339 e. The Kier molecular flexibility index (Phi) is 6.78. The first-order valence-corrected chi connectivity index (χ1v) is 10.7. The van der Waals surface area contributed by atoms with Crippen molar-refractivity contribution in [2.45, 2.75) is 46.2 Å². The van der Waals surface area contributed by atoms with Gasteiger partial charge in [0.1, 0.15) is 0 Å². The molecule has 31 heavy (non-hydrogen) atoms. The average Bonchev–Trinajstić information content (AvgIpc) is 3.15. The molecular weight excluding hydrogens is 390 g/mol. The molecule has 2 atom stereocenters. The van der Waals surface area contributed by atoms with Crippen LogP contribution in [0.1, 0.15) is 54.7 Å². The lowest BCUT2D eigenvalue weighted by atomic mass is 10.0. The van der Waals surface area contributed by atoms with E-state index in [1.165, 1.54) is 0 Å². The summed E-state index contributed by atoms with van der Waals surface area (Å²) in [5.41, 5.74) is 3.04. The van der Waals surface area contributed by atoms with Crippen LogP contribution in [0.25, 0.3) is 0 Å². The Morgan fingerprint density at radius 3 is 2.42 bits per heavy atom. The van der Waals surface area contributed by atoms with E-state index in [1.54, 1.807) is 29.0 Å². The van der Waals surface area contributed by atoms with E-state index in [0.717, 1.165) is 11.1 Å². The molecule has 0 aliphatic carbocycles. The van der Waals surface area contributed by atoms with Gasteiger partial charge in [0, 0.05) is 37.3 Å². The van der Waals surface area contributed by atoms with E-state index in [1.807, 2.05) is 64.1 Å². The fourth-order valence-electron chi connectivity index (χ4n) is 3.79. The van der Waals surface area contributed by atoms with Gasteiger partial charge in [-0.25, -0.2) is 0 Å². The van der Waals surface area contributed by atoms with Crippen LogP contribution in [-0.4, -0.2) is 47.2 Å². The summed E-state index contributed by atoms with van der Waals surface area (Å²) < 4.78 is 0. The van der Waals surface area contributed by atoms with Gasteiger partial charge in [-0.05, 0) is 51.0 Å². The number of amides is 3. The van der Waals surface area contributed by atoms with Crippen LogP contribution in [0, 0.1) is 12.8 Å². The minimum absolute atomic E-state index is 0.0187. The molecule has 0 bridgehead atoms. The number of carbonyl (C=O) groups excluding carboxylic acids is 3. The second-order valence-electron chi connectivity index (χ2n) is 8.56. The van der Waals surface area contributed by atoms with Crippen molar-refractivity contribution >= 4 is 23.4 Å². The summed E-state index contributed by atoms with van der Waals surface area (Å²) in [5.74, 6) is -0.717. The maximum atomic E-state index is 12.9. The molecule has 1 aliphatic rings. The first kappa shape index (κ1) is 22.5. The molecule has 1 aliphatic heterocycles. The maximum absolute atomic E-state index is 12.9. The van der Waals surface area contributed by atoms with E-state index in [0.29, 0.717) is 17.8 Å². The molecule has 0 spiro atoms. The van der Waals surface area contributed by atoms with Gasteiger partial charge in [0.05, 0.1) is 12.0 Å². The highest BCUT2D eigenvalue weighted by molar-refractivity contribution is 6.00. The lowest BCUT2D eigenvalue weighted by Crippen LogP contribution is -2.33. The Morgan fingerprint density at radius 1 is 1.10 bits per heavy atom. The highest BCUT2D eigenvalue weighted by Gasteiger charge is 2.37. The van der Waals surface area contributed by atoms with Gasteiger partial charge in [0.25, 0.3) is 5.91 Å². The van der Waals surface area contributed by atoms with Gasteiger partial charge in [-0.1, -0.05) is 36.4 Å². The number of benzene rings is 2. The molecular formula is C25H31N3O3. The van der Waals surface area contributed by atoms with Crippen LogP contribution in [0.2, 0.25) is 0 Å². The third-order valence-corrected chi connectivity index (χ3v) is 6.11. The second-order valence-corrected chi connectivity index (χ2v) is 8.56. The molecule has 3 amide bonds. The molecule has 1 N–H and O–H groups in total. The van der Waals surface area contributed by atoms with Gasteiger partial charge >= 0.3 is 0 Å². The number of anilines is 1. The summed E-state index contributed by atoms with van der Waals surface area (Å²) in [6.45, 7) is 8.16. The second kappa shape index (κ2) is 9.33. The summed E-state index contributed by atoms with van der Waals surface area (Å²) >= 11 is 0. The molecule has 6 heteroatoms. The lowest BCUT2D eigenvalue weighted by molar-refractivity contribution is -0.129. The van der Waals surface area contributed by atoms with E-state index in [9.17, 15) is 14.4 Å². The SMILES string of the molecule is Cc1ccc(NC(=O)C2CC(=O)N(C(C)c3ccccc3)C2)cc1C(=O)N(C)C(C)C. The van der Waals surface area contributed by atoms with Crippen LogP contribution in [0.15, 0.2) is 48.5 Å². The molecule has 3 rings (SSSR count). The van der Waals surface area contributed by atoms with Gasteiger partial charge in [-0.2, -0.15) is 0 Å². The number of rotatable bonds is 6. The molecule has 0 radical (unpaired) electrons. The van der Waals surface area contributed by atoms with Crippen LogP contribution in [0.5, 0.6) is 0 Å². The maximum Gasteiger partial charge on any atom is 0.254 e. The third kappa shape index (κ3) is 4.95. The van der Waals surface area contributed by atoms with Gasteiger partial charge in [-0.15, -0.1) is 0 Å². The summed E-state index contributed by atoms with van der Waals surface area (Å²) in [5, 5.41) is 2.91. The fraction of sp³-hybridized carbons (Fsp3) is 0.400. The molecule has 6 nitrogen and oxygen atoms in total. The molecule has 2 aromatic carbocycles. The molecule has 2 unspecified atom stereocenters. The summed E-state index contributed by atoms with van der Waals surface area (Å²) in [6, 6.07) is 15.2. The monoisotopic (exact) mass is 421 g/mol. The highest BCUT2D eigenvalue weighted by Crippen LogP contribution is 2.29. The van der Waals surface area contributed by atoms with Crippen LogP contribution in [-0.2, 0) is 9.59 Å². The van der Waals surface area contributed by atoms with Crippen LogP contribution in [0.3, 0.4) is 0 Å². The van der Waals surface area contributed by atoms with Crippen LogP contribution in [0.4, 0.5) is 5.69 Å². The zero-order valence-electron chi connectivity index (χ0n) is 18.9. The number of carbonyl (C=O) groups is 3. The number of nitrogens with zero attached hydrogens (tertiary/aromatic N) is 2. The van der Waals surface area contributed by atoms with E-state index in [2.05, 4.69) is 5.32 Å². The van der Waals surface area contributed by atoms with Crippen molar-refractivity contribution in [3.63, 3.8) is 0 Å². The molecule has 2 aromatic rings. The van der Waals surface area contributed by atoms with Crippen molar-refractivity contribution in [3.8, 4) is 0 Å². The zero-order chi connectivity index (χ0) is 22.7. The molecule has 1 heterocycles. The summed E-state index contributed by atoms with van der Waals surface area (Å²) in [6.07, 6.45) is 0.191. The standard InChI is InChI=1S/C25H31N3O3/c1-16(2)27(5)25(31)22-14-21(12-11-17(22)3)26-24(30)20-13-23(29)28(15-20)18(4)19-9-7-6-8-10-19/h6-12,14,16,18,20H,13,15H2,1-5H3,(H,26,30). The molecule has 0 saturated carbocycles. The van der Waals surface area contributed by atoms with Crippen molar-refractivity contribution in [2.24, 2.45) is 5.92 Å². The summed E-state index contributed by atoms with van der Waals surface area (Å²) in [7, 11) is 1.77. The number of likely N-dealkylation sites (tertiary alicyclic amines) is 1. The lowest BCUT2D eigenvalue weighted by Gasteiger charge is -2.25. The van der Waals surface area contributed by atoms with Crippen LogP contribution >= 0.6 is 0 Å². The Hall–Kier alpha value is -3.15. The largest absolute Gasteiger partial charge is 0.339 e. The smallest absolute Gasteiger partial charge is 0.254 e. The van der Waals surface area contributed by atoms with E-state index < -0.39 is 5.92 Å². The Bertz CT molecular complexity index is 971. The predicted octanol–water partition coefficient (Wildman–Crippen LogP) is 4.02. The van der Waals surface area contributed by atoms with Crippen LogP contribution < -0.4 is 5.32 Å². The van der Waals surface area contributed by atoms with Crippen molar-refractivity contribution in [1.29, 1.82) is 0 Å². The Labute approximate surface area is 184 Å². The van der Waals surface area contributed by atoms with Gasteiger partial charge in [-0.3, -0.25) is 14.4 Å². The Balaban J connectivity index is 1.70. The minimum atomic E-state index is -0.419. The van der Waals surface area contributed by atoms with Crippen molar-refractivity contribution in [2.75, 3.05) is 18.9 Å². The first-order chi connectivity index (χ1) is 14.7. The summed E-state index contributed by atoms with van der Waals surface area (Å²) in [4.78, 5) is 41.7. The van der Waals surface area contributed by atoms with E-state index in [4.69, 9.17) is 0 Å². The van der Waals surface area contributed by atoms with E-state index in [-0.39, 0.29) is 36.2 Å². The van der Waals surface area contributed by atoms with E-state index >= 15 is 0 Å².